The molecule has 1 unspecified atom stereocenters. The van der Waals surface area contributed by atoms with Gasteiger partial charge in [0.1, 0.15) is 0 Å². The maximum absolute atomic E-state index is 4.90. The van der Waals surface area contributed by atoms with Crippen LogP contribution in [0.4, 0.5) is 0 Å². The summed E-state index contributed by atoms with van der Waals surface area (Å²) in [6, 6.07) is 10.7. The van der Waals surface area contributed by atoms with Crippen LogP contribution in [-0.4, -0.2) is 47.8 Å². The Morgan fingerprint density at radius 1 is 1.33 bits per heavy atom. The molecule has 4 nitrogen and oxygen atoms in total. The summed E-state index contributed by atoms with van der Waals surface area (Å²) in [5.41, 5.74) is 1.16. The van der Waals surface area contributed by atoms with E-state index < -0.39 is 0 Å². The van der Waals surface area contributed by atoms with Gasteiger partial charge in [0.2, 0.25) is 0 Å². The Bertz CT molecular complexity index is 742. The molecule has 1 aromatic carbocycles. The number of hydrogen-bond acceptors (Lipinski definition) is 4. The van der Waals surface area contributed by atoms with Crippen molar-refractivity contribution < 1.29 is 0 Å². The Kier molecular flexibility index (Phi) is 7.59. The Morgan fingerprint density at radius 3 is 2.85 bits per heavy atom. The van der Waals surface area contributed by atoms with Crippen LogP contribution in [-0.2, 0) is 6.42 Å². The summed E-state index contributed by atoms with van der Waals surface area (Å²) in [4.78, 5) is 14.6. The lowest BCUT2D eigenvalue weighted by atomic mass is 10.2. The first-order valence-corrected chi connectivity index (χ1v) is 11.6. The number of guanidine groups is 1. The van der Waals surface area contributed by atoms with Gasteiger partial charge in [-0.25, -0.2) is 4.98 Å². The van der Waals surface area contributed by atoms with Gasteiger partial charge in [-0.3, -0.25) is 4.99 Å². The molecule has 2 aromatic rings. The molecule has 1 N–H and O–H groups in total. The van der Waals surface area contributed by atoms with E-state index in [-0.39, 0.29) is 0 Å². The minimum absolute atomic E-state index is 0.727. The van der Waals surface area contributed by atoms with Crippen LogP contribution in [0.25, 0.3) is 0 Å². The SMILES string of the molecule is CCNC(=NCCc1sc(C)nc1C)N1CCC(CSc2ccccc2)C1. The first kappa shape index (κ1) is 20.2. The van der Waals surface area contributed by atoms with Crippen LogP contribution >= 0.6 is 23.1 Å². The van der Waals surface area contributed by atoms with Crippen molar-refractivity contribution in [2.45, 2.75) is 38.5 Å². The molecule has 1 atom stereocenters. The van der Waals surface area contributed by atoms with Gasteiger partial charge in [-0.2, -0.15) is 0 Å². The van der Waals surface area contributed by atoms with Gasteiger partial charge in [-0.05, 0) is 45.2 Å². The zero-order chi connectivity index (χ0) is 19.1. The Labute approximate surface area is 171 Å². The minimum Gasteiger partial charge on any atom is -0.357 e. The predicted octanol–water partition coefficient (Wildman–Crippen LogP) is 4.38. The van der Waals surface area contributed by atoms with E-state index in [1.54, 1.807) is 11.3 Å². The fourth-order valence-electron chi connectivity index (χ4n) is 3.39. The van der Waals surface area contributed by atoms with Gasteiger partial charge in [0.15, 0.2) is 5.96 Å². The molecule has 1 aromatic heterocycles. The summed E-state index contributed by atoms with van der Waals surface area (Å²) in [5, 5.41) is 4.63. The third-order valence-corrected chi connectivity index (χ3v) is 7.13. The first-order chi connectivity index (χ1) is 13.2. The number of nitrogens with zero attached hydrogens (tertiary/aromatic N) is 3. The molecule has 1 aliphatic heterocycles. The van der Waals surface area contributed by atoms with Crippen molar-refractivity contribution in [1.82, 2.24) is 15.2 Å². The summed E-state index contributed by atoms with van der Waals surface area (Å²) >= 11 is 3.77. The van der Waals surface area contributed by atoms with Gasteiger partial charge in [0.25, 0.3) is 0 Å². The van der Waals surface area contributed by atoms with Crippen LogP contribution in [0.1, 0.15) is 28.9 Å². The van der Waals surface area contributed by atoms with Crippen molar-refractivity contribution >= 4 is 29.1 Å². The molecule has 0 amide bonds. The molecule has 0 saturated carbocycles. The van der Waals surface area contributed by atoms with Crippen LogP contribution in [0.2, 0.25) is 0 Å². The van der Waals surface area contributed by atoms with Crippen molar-refractivity contribution in [3.63, 3.8) is 0 Å². The molecule has 27 heavy (non-hydrogen) atoms. The molecule has 1 saturated heterocycles. The van der Waals surface area contributed by atoms with Crippen LogP contribution in [0.3, 0.4) is 0 Å². The smallest absolute Gasteiger partial charge is 0.193 e. The van der Waals surface area contributed by atoms with Crippen LogP contribution in [0, 0.1) is 19.8 Å². The second-order valence-corrected chi connectivity index (χ2v) is 9.33. The molecule has 0 bridgehead atoms. The second kappa shape index (κ2) is 10.1. The second-order valence-electron chi connectivity index (χ2n) is 6.95. The average Bonchev–Trinajstić information content (AvgIpc) is 3.26. The molecule has 1 aliphatic rings. The van der Waals surface area contributed by atoms with E-state index in [1.807, 2.05) is 11.8 Å². The Hall–Kier alpha value is -1.53. The van der Waals surface area contributed by atoms with E-state index in [2.05, 4.69) is 66.3 Å². The largest absolute Gasteiger partial charge is 0.357 e. The molecule has 0 radical (unpaired) electrons. The lowest BCUT2D eigenvalue weighted by molar-refractivity contribution is 0.474. The van der Waals surface area contributed by atoms with Crippen LogP contribution < -0.4 is 5.32 Å². The minimum atomic E-state index is 0.727. The van der Waals surface area contributed by atoms with Crippen molar-refractivity contribution in [2.24, 2.45) is 10.9 Å². The summed E-state index contributed by atoms with van der Waals surface area (Å²) < 4.78 is 0. The van der Waals surface area contributed by atoms with Crippen molar-refractivity contribution in [3.05, 3.63) is 45.9 Å². The number of aliphatic imine (C=N–C) groups is 1. The number of benzene rings is 1. The quantitative estimate of drug-likeness (QED) is 0.424. The van der Waals surface area contributed by atoms with Gasteiger partial charge < -0.3 is 10.2 Å². The normalized spacial score (nSPS) is 17.5. The maximum atomic E-state index is 4.90. The van der Waals surface area contributed by atoms with E-state index in [9.17, 15) is 0 Å². The number of nitrogens with one attached hydrogen (secondary N) is 1. The van der Waals surface area contributed by atoms with E-state index >= 15 is 0 Å². The molecule has 1 fully saturated rings. The van der Waals surface area contributed by atoms with Gasteiger partial charge in [0, 0.05) is 48.1 Å². The highest BCUT2D eigenvalue weighted by Crippen LogP contribution is 2.26. The fraction of sp³-hybridized carbons (Fsp3) is 0.524. The molecule has 0 spiro atoms. The molecular formula is C21H30N4S2. The van der Waals surface area contributed by atoms with Crippen molar-refractivity contribution in [3.8, 4) is 0 Å². The van der Waals surface area contributed by atoms with Crippen LogP contribution in [0.15, 0.2) is 40.2 Å². The standard InChI is InChI=1S/C21H30N4S2/c1-4-22-21(23-12-10-20-16(2)24-17(3)27-20)25-13-11-18(14-25)15-26-19-8-6-5-7-9-19/h5-9,18H,4,10-15H2,1-3H3,(H,22,23). The zero-order valence-electron chi connectivity index (χ0n) is 16.6. The lowest BCUT2D eigenvalue weighted by Gasteiger charge is -2.21. The first-order valence-electron chi connectivity index (χ1n) is 9.79. The molecule has 2 heterocycles. The maximum Gasteiger partial charge on any atom is 0.193 e. The molecule has 146 valence electrons. The highest BCUT2D eigenvalue weighted by atomic mass is 32.2. The number of aromatic nitrogens is 1. The van der Waals surface area contributed by atoms with E-state index in [4.69, 9.17) is 4.99 Å². The van der Waals surface area contributed by atoms with Gasteiger partial charge in [0.05, 0.1) is 10.7 Å². The zero-order valence-corrected chi connectivity index (χ0v) is 18.2. The number of likely N-dealkylation sites (tertiary alicyclic amines) is 1. The summed E-state index contributed by atoms with van der Waals surface area (Å²) in [7, 11) is 0. The van der Waals surface area contributed by atoms with Crippen LogP contribution in [0.5, 0.6) is 0 Å². The summed E-state index contributed by atoms with van der Waals surface area (Å²) in [5.74, 6) is 2.98. The topological polar surface area (TPSA) is 40.5 Å². The predicted molar refractivity (Wildman–Crippen MR) is 118 cm³/mol. The van der Waals surface area contributed by atoms with Gasteiger partial charge >= 0.3 is 0 Å². The van der Waals surface area contributed by atoms with E-state index in [1.165, 1.54) is 21.9 Å². The number of rotatable bonds is 7. The van der Waals surface area contributed by atoms with Crippen molar-refractivity contribution in [2.75, 3.05) is 31.9 Å². The Morgan fingerprint density at radius 2 is 2.15 bits per heavy atom. The van der Waals surface area contributed by atoms with Gasteiger partial charge in [-0.1, -0.05) is 18.2 Å². The molecule has 3 rings (SSSR count). The van der Waals surface area contributed by atoms with E-state index in [0.29, 0.717) is 0 Å². The highest BCUT2D eigenvalue weighted by Gasteiger charge is 2.24. The molecular weight excluding hydrogens is 372 g/mol. The highest BCUT2D eigenvalue weighted by molar-refractivity contribution is 7.99. The van der Waals surface area contributed by atoms with Gasteiger partial charge in [-0.15, -0.1) is 23.1 Å². The number of thioether (sulfide) groups is 1. The Balaban J connectivity index is 1.51. The van der Waals surface area contributed by atoms with E-state index in [0.717, 1.165) is 55.2 Å². The monoisotopic (exact) mass is 402 g/mol. The molecule has 6 heteroatoms. The third-order valence-electron chi connectivity index (χ3n) is 4.75. The number of aryl methyl sites for hydroxylation is 2. The third kappa shape index (κ3) is 5.98. The lowest BCUT2D eigenvalue weighted by Crippen LogP contribution is -2.40. The van der Waals surface area contributed by atoms with Crippen molar-refractivity contribution in [1.29, 1.82) is 0 Å². The molecule has 0 aliphatic carbocycles. The summed E-state index contributed by atoms with van der Waals surface area (Å²) in [6.07, 6.45) is 2.23. The average molecular weight is 403 g/mol. The fourth-order valence-corrected chi connectivity index (χ4v) is 5.36. The summed E-state index contributed by atoms with van der Waals surface area (Å²) in [6.45, 7) is 10.3. The number of thiazole rings is 1. The number of hydrogen-bond donors (Lipinski definition) is 1.